The Morgan fingerprint density at radius 3 is 2.43 bits per heavy atom. The van der Waals surface area contributed by atoms with E-state index >= 15 is 0 Å². The summed E-state index contributed by atoms with van der Waals surface area (Å²) < 4.78 is 0.851. The maximum absolute atomic E-state index is 10.8. The van der Waals surface area contributed by atoms with E-state index in [0.717, 1.165) is 26.4 Å². The van der Waals surface area contributed by atoms with E-state index in [1.807, 2.05) is 36.4 Å². The third-order valence-corrected chi connectivity index (χ3v) is 4.68. The monoisotopic (exact) mass is 360 g/mol. The molecule has 1 unspecified atom stereocenters. The summed E-state index contributed by atoms with van der Waals surface area (Å²) >= 11 is 9.55. The van der Waals surface area contributed by atoms with E-state index in [1.165, 1.54) is 5.56 Å². The first-order valence-electron chi connectivity index (χ1n) is 6.69. The SMILES string of the molecule is Cc1ccc(C(O)c2cc(Cl)ccc2Br)c2ccccc12. The molecule has 3 rings (SSSR count). The number of aliphatic hydroxyl groups excluding tert-OH is 1. The van der Waals surface area contributed by atoms with Gasteiger partial charge in [0.1, 0.15) is 6.10 Å². The van der Waals surface area contributed by atoms with Gasteiger partial charge in [-0.05, 0) is 47.0 Å². The second-order valence-electron chi connectivity index (χ2n) is 5.09. The van der Waals surface area contributed by atoms with E-state index in [0.29, 0.717) is 5.02 Å². The molecule has 0 bridgehead atoms. The van der Waals surface area contributed by atoms with Crippen LogP contribution < -0.4 is 0 Å². The Balaban J connectivity index is 2.20. The standard InChI is InChI=1S/C18H14BrClO/c1-11-6-8-15(14-5-3-2-4-13(11)14)18(21)16-10-12(20)7-9-17(16)19/h2-10,18,21H,1H3. The lowest BCUT2D eigenvalue weighted by atomic mass is 9.94. The van der Waals surface area contributed by atoms with Crippen molar-refractivity contribution in [3.63, 3.8) is 0 Å². The van der Waals surface area contributed by atoms with Crippen LogP contribution >= 0.6 is 27.5 Å². The molecule has 0 aromatic heterocycles. The first-order valence-corrected chi connectivity index (χ1v) is 7.86. The Labute approximate surface area is 137 Å². The zero-order valence-electron chi connectivity index (χ0n) is 11.5. The van der Waals surface area contributed by atoms with Gasteiger partial charge in [-0.1, -0.05) is 63.9 Å². The fraction of sp³-hybridized carbons (Fsp3) is 0.111. The number of benzene rings is 3. The van der Waals surface area contributed by atoms with Crippen molar-refractivity contribution >= 4 is 38.3 Å². The molecule has 0 heterocycles. The van der Waals surface area contributed by atoms with Crippen LogP contribution in [0.2, 0.25) is 5.02 Å². The molecule has 1 atom stereocenters. The number of aliphatic hydroxyl groups is 1. The topological polar surface area (TPSA) is 20.2 Å². The molecule has 0 saturated carbocycles. The summed E-state index contributed by atoms with van der Waals surface area (Å²) in [5.41, 5.74) is 2.86. The molecule has 0 saturated heterocycles. The van der Waals surface area contributed by atoms with E-state index in [9.17, 15) is 5.11 Å². The minimum Gasteiger partial charge on any atom is -0.384 e. The molecule has 0 amide bonds. The van der Waals surface area contributed by atoms with Gasteiger partial charge in [-0.3, -0.25) is 0 Å². The lowest BCUT2D eigenvalue weighted by Gasteiger charge is -2.17. The average molecular weight is 362 g/mol. The average Bonchev–Trinajstić information content (AvgIpc) is 2.50. The third kappa shape index (κ3) is 2.71. The van der Waals surface area contributed by atoms with Crippen molar-refractivity contribution in [2.75, 3.05) is 0 Å². The summed E-state index contributed by atoms with van der Waals surface area (Å²) in [6.07, 6.45) is -0.719. The number of rotatable bonds is 2. The Morgan fingerprint density at radius 2 is 1.67 bits per heavy atom. The molecular formula is C18H14BrClO. The molecule has 0 aliphatic rings. The van der Waals surface area contributed by atoms with E-state index in [1.54, 1.807) is 12.1 Å². The van der Waals surface area contributed by atoms with Gasteiger partial charge in [0.2, 0.25) is 0 Å². The Kier molecular flexibility index (Phi) is 4.03. The van der Waals surface area contributed by atoms with Crippen LogP contribution in [0.1, 0.15) is 22.8 Å². The van der Waals surface area contributed by atoms with Crippen LogP contribution in [0.4, 0.5) is 0 Å². The molecule has 0 spiro atoms. The lowest BCUT2D eigenvalue weighted by Crippen LogP contribution is -2.02. The van der Waals surface area contributed by atoms with E-state index in [2.05, 4.69) is 28.9 Å². The molecule has 3 aromatic rings. The van der Waals surface area contributed by atoms with Crippen LogP contribution in [-0.2, 0) is 0 Å². The van der Waals surface area contributed by atoms with Crippen molar-refractivity contribution in [1.82, 2.24) is 0 Å². The van der Waals surface area contributed by atoms with Gasteiger partial charge in [-0.25, -0.2) is 0 Å². The maximum atomic E-state index is 10.8. The molecular weight excluding hydrogens is 348 g/mol. The molecule has 21 heavy (non-hydrogen) atoms. The number of fused-ring (bicyclic) bond motifs is 1. The van der Waals surface area contributed by atoms with Gasteiger partial charge in [-0.2, -0.15) is 0 Å². The smallest absolute Gasteiger partial charge is 0.106 e. The Morgan fingerprint density at radius 1 is 0.952 bits per heavy atom. The third-order valence-electron chi connectivity index (χ3n) is 3.72. The second kappa shape index (κ2) is 5.80. The molecule has 3 aromatic carbocycles. The van der Waals surface area contributed by atoms with Gasteiger partial charge in [0.25, 0.3) is 0 Å². The quantitative estimate of drug-likeness (QED) is 0.625. The second-order valence-corrected chi connectivity index (χ2v) is 6.38. The molecule has 3 heteroatoms. The summed E-state index contributed by atoms with van der Waals surface area (Å²) in [6, 6.07) is 17.6. The summed E-state index contributed by atoms with van der Waals surface area (Å²) in [4.78, 5) is 0. The number of hydrogen-bond acceptors (Lipinski definition) is 1. The van der Waals surface area contributed by atoms with E-state index in [4.69, 9.17) is 11.6 Å². The molecule has 0 radical (unpaired) electrons. The van der Waals surface area contributed by atoms with Crippen molar-refractivity contribution < 1.29 is 5.11 Å². The molecule has 0 aliphatic heterocycles. The summed E-state index contributed by atoms with van der Waals surface area (Å²) in [5, 5.41) is 13.6. The zero-order chi connectivity index (χ0) is 15.0. The van der Waals surface area contributed by atoms with Gasteiger partial charge in [0.15, 0.2) is 0 Å². The van der Waals surface area contributed by atoms with Crippen molar-refractivity contribution in [3.8, 4) is 0 Å². The Bertz CT molecular complexity index is 813. The van der Waals surface area contributed by atoms with Gasteiger partial charge in [0, 0.05) is 15.1 Å². The first kappa shape index (κ1) is 14.6. The van der Waals surface area contributed by atoms with Crippen LogP contribution in [0.15, 0.2) is 59.1 Å². The molecule has 106 valence electrons. The summed E-state index contributed by atoms with van der Waals surface area (Å²) in [7, 11) is 0. The number of aryl methyl sites for hydroxylation is 1. The van der Waals surface area contributed by atoms with Crippen LogP contribution in [0.5, 0.6) is 0 Å². The van der Waals surface area contributed by atoms with Crippen LogP contribution in [0, 0.1) is 6.92 Å². The van der Waals surface area contributed by atoms with Crippen LogP contribution in [0.25, 0.3) is 10.8 Å². The van der Waals surface area contributed by atoms with Crippen molar-refractivity contribution in [1.29, 1.82) is 0 Å². The zero-order valence-corrected chi connectivity index (χ0v) is 13.8. The Hall–Kier alpha value is -1.35. The molecule has 1 nitrogen and oxygen atoms in total. The van der Waals surface area contributed by atoms with Crippen LogP contribution in [0.3, 0.4) is 0 Å². The molecule has 0 aliphatic carbocycles. The fourth-order valence-electron chi connectivity index (χ4n) is 2.60. The predicted octanol–water partition coefficient (Wildman–Crippen LogP) is 5.65. The largest absolute Gasteiger partial charge is 0.384 e. The van der Waals surface area contributed by atoms with Crippen molar-refractivity contribution in [2.24, 2.45) is 0 Å². The van der Waals surface area contributed by atoms with Gasteiger partial charge in [0.05, 0.1) is 0 Å². The van der Waals surface area contributed by atoms with Gasteiger partial charge in [-0.15, -0.1) is 0 Å². The normalized spacial score (nSPS) is 12.6. The number of hydrogen-bond donors (Lipinski definition) is 1. The highest BCUT2D eigenvalue weighted by atomic mass is 79.9. The minimum atomic E-state index is -0.719. The molecule has 1 N–H and O–H groups in total. The number of halogens is 2. The highest BCUT2D eigenvalue weighted by Crippen LogP contribution is 2.35. The van der Waals surface area contributed by atoms with E-state index < -0.39 is 6.10 Å². The summed E-state index contributed by atoms with van der Waals surface area (Å²) in [5.74, 6) is 0. The molecule has 0 fully saturated rings. The fourth-order valence-corrected chi connectivity index (χ4v) is 3.25. The first-order chi connectivity index (χ1) is 10.1. The highest BCUT2D eigenvalue weighted by Gasteiger charge is 2.17. The minimum absolute atomic E-state index is 0.615. The lowest BCUT2D eigenvalue weighted by molar-refractivity contribution is 0.221. The van der Waals surface area contributed by atoms with Gasteiger partial charge >= 0.3 is 0 Å². The highest BCUT2D eigenvalue weighted by molar-refractivity contribution is 9.10. The van der Waals surface area contributed by atoms with Gasteiger partial charge < -0.3 is 5.11 Å². The predicted molar refractivity (Wildman–Crippen MR) is 91.9 cm³/mol. The summed E-state index contributed by atoms with van der Waals surface area (Å²) in [6.45, 7) is 2.08. The van der Waals surface area contributed by atoms with Crippen LogP contribution in [-0.4, -0.2) is 5.11 Å². The van der Waals surface area contributed by atoms with Crippen molar-refractivity contribution in [2.45, 2.75) is 13.0 Å². The maximum Gasteiger partial charge on any atom is 0.106 e. The van der Waals surface area contributed by atoms with E-state index in [-0.39, 0.29) is 0 Å². The van der Waals surface area contributed by atoms with Crippen molar-refractivity contribution in [3.05, 3.63) is 80.8 Å².